The number of aryl methyl sites for hydroxylation is 1. The molecule has 0 N–H and O–H groups in total. The zero-order chi connectivity index (χ0) is 13.2. The summed E-state index contributed by atoms with van der Waals surface area (Å²) in [4.78, 5) is 16.4. The van der Waals surface area contributed by atoms with Crippen molar-refractivity contribution in [1.82, 2.24) is 4.98 Å². The van der Waals surface area contributed by atoms with E-state index >= 15 is 0 Å². The summed E-state index contributed by atoms with van der Waals surface area (Å²) in [5.74, 6) is 0.121. The maximum absolute atomic E-state index is 12.0. The molecule has 4 heteroatoms. The highest BCUT2D eigenvalue weighted by atomic mass is 32.1. The Bertz CT molecular complexity index is 734. The van der Waals surface area contributed by atoms with Gasteiger partial charge in [-0.25, -0.2) is 9.78 Å². The summed E-state index contributed by atoms with van der Waals surface area (Å²) in [6.45, 7) is 1.98. The van der Waals surface area contributed by atoms with E-state index in [1.165, 1.54) is 11.3 Å². The van der Waals surface area contributed by atoms with Gasteiger partial charge >= 0.3 is 5.97 Å². The minimum Gasteiger partial charge on any atom is -0.421 e. The monoisotopic (exact) mass is 269 g/mol. The zero-order valence-corrected chi connectivity index (χ0v) is 11.1. The molecule has 2 aromatic carbocycles. The molecule has 0 saturated carbocycles. The Morgan fingerprint density at radius 3 is 2.63 bits per heavy atom. The summed E-state index contributed by atoms with van der Waals surface area (Å²) in [6, 6.07) is 14.9. The van der Waals surface area contributed by atoms with Crippen molar-refractivity contribution < 1.29 is 9.53 Å². The summed E-state index contributed by atoms with van der Waals surface area (Å²) in [5, 5.41) is 0.383. The Hall–Kier alpha value is -2.20. The van der Waals surface area contributed by atoms with Crippen LogP contribution in [0.1, 0.15) is 15.4 Å². The number of para-hydroxylation sites is 2. The quantitative estimate of drug-likeness (QED) is 0.524. The number of thiazole rings is 1. The third-order valence-corrected chi connectivity index (χ3v) is 3.75. The summed E-state index contributed by atoms with van der Waals surface area (Å²) < 4.78 is 6.28. The summed E-state index contributed by atoms with van der Waals surface area (Å²) in [7, 11) is 0. The number of esters is 1. The molecule has 19 heavy (non-hydrogen) atoms. The molecule has 0 amide bonds. The number of aromatic nitrogens is 1. The van der Waals surface area contributed by atoms with E-state index in [4.69, 9.17) is 4.74 Å². The Kier molecular flexibility index (Phi) is 3.01. The fourth-order valence-electron chi connectivity index (χ4n) is 1.81. The second-order valence-corrected chi connectivity index (χ2v) is 5.17. The van der Waals surface area contributed by atoms with Crippen LogP contribution in [0.15, 0.2) is 48.5 Å². The van der Waals surface area contributed by atoms with Crippen LogP contribution >= 0.6 is 11.3 Å². The lowest BCUT2D eigenvalue weighted by atomic mass is 10.2. The topological polar surface area (TPSA) is 39.2 Å². The van der Waals surface area contributed by atoms with Crippen molar-refractivity contribution in [3.63, 3.8) is 0 Å². The number of rotatable bonds is 2. The van der Waals surface area contributed by atoms with Crippen LogP contribution in [0.5, 0.6) is 5.75 Å². The van der Waals surface area contributed by atoms with Crippen LogP contribution in [0.3, 0.4) is 0 Å². The summed E-state index contributed by atoms with van der Waals surface area (Å²) in [5.41, 5.74) is 1.93. The SMILES string of the molecule is Cc1cccc2sc(C(=O)Oc3ccccc3)nc12. The molecule has 0 bridgehead atoms. The third kappa shape index (κ3) is 2.35. The molecule has 3 aromatic rings. The van der Waals surface area contributed by atoms with E-state index in [2.05, 4.69) is 4.98 Å². The highest BCUT2D eigenvalue weighted by Gasteiger charge is 2.15. The van der Waals surface area contributed by atoms with Gasteiger partial charge in [-0.15, -0.1) is 11.3 Å². The van der Waals surface area contributed by atoms with E-state index in [0.29, 0.717) is 10.8 Å². The van der Waals surface area contributed by atoms with Crippen LogP contribution in [0.2, 0.25) is 0 Å². The number of nitrogens with zero attached hydrogens (tertiary/aromatic N) is 1. The normalized spacial score (nSPS) is 10.6. The van der Waals surface area contributed by atoms with Gasteiger partial charge in [0.15, 0.2) is 0 Å². The van der Waals surface area contributed by atoms with Crippen molar-refractivity contribution in [2.75, 3.05) is 0 Å². The molecule has 3 rings (SSSR count). The second kappa shape index (κ2) is 4.82. The predicted molar refractivity (Wildman–Crippen MR) is 75.8 cm³/mol. The average Bonchev–Trinajstić information content (AvgIpc) is 2.85. The number of hydrogen-bond donors (Lipinski definition) is 0. The molecule has 0 atom stereocenters. The summed E-state index contributed by atoms with van der Waals surface area (Å²) >= 11 is 1.35. The molecule has 1 heterocycles. The lowest BCUT2D eigenvalue weighted by molar-refractivity contribution is 0.0734. The Morgan fingerprint density at radius 1 is 1.11 bits per heavy atom. The predicted octanol–water partition coefficient (Wildman–Crippen LogP) is 3.82. The standard InChI is InChI=1S/C15H11NO2S/c1-10-6-5-9-12-13(10)16-14(19-12)15(17)18-11-7-3-2-4-8-11/h2-9H,1H3. The van der Waals surface area contributed by atoms with E-state index in [-0.39, 0.29) is 0 Å². The van der Waals surface area contributed by atoms with Gasteiger partial charge in [0.25, 0.3) is 0 Å². The maximum atomic E-state index is 12.0. The number of hydrogen-bond acceptors (Lipinski definition) is 4. The van der Waals surface area contributed by atoms with Gasteiger partial charge in [-0.05, 0) is 30.7 Å². The number of carbonyl (C=O) groups is 1. The highest BCUT2D eigenvalue weighted by molar-refractivity contribution is 7.20. The fraction of sp³-hybridized carbons (Fsp3) is 0.0667. The molecule has 3 nitrogen and oxygen atoms in total. The first kappa shape index (κ1) is 11.9. The van der Waals surface area contributed by atoms with E-state index < -0.39 is 5.97 Å². The average molecular weight is 269 g/mol. The van der Waals surface area contributed by atoms with Gasteiger partial charge in [-0.2, -0.15) is 0 Å². The van der Waals surface area contributed by atoms with Gasteiger partial charge < -0.3 is 4.74 Å². The number of benzene rings is 2. The molecule has 0 unspecified atom stereocenters. The fourth-order valence-corrected chi connectivity index (χ4v) is 2.73. The molecule has 94 valence electrons. The van der Waals surface area contributed by atoms with E-state index in [1.807, 2.05) is 43.3 Å². The summed E-state index contributed by atoms with van der Waals surface area (Å²) in [6.07, 6.45) is 0. The third-order valence-electron chi connectivity index (χ3n) is 2.75. The molecule has 1 aromatic heterocycles. The largest absolute Gasteiger partial charge is 0.421 e. The van der Waals surface area contributed by atoms with Gasteiger partial charge in [-0.3, -0.25) is 0 Å². The molecule has 0 aliphatic carbocycles. The van der Waals surface area contributed by atoms with Crippen LogP contribution in [0.25, 0.3) is 10.2 Å². The van der Waals surface area contributed by atoms with E-state index in [0.717, 1.165) is 15.8 Å². The van der Waals surface area contributed by atoms with Gasteiger partial charge in [0.05, 0.1) is 10.2 Å². The first-order chi connectivity index (χ1) is 9.24. The first-order valence-corrected chi connectivity index (χ1v) is 6.69. The minimum absolute atomic E-state index is 0.383. The number of ether oxygens (including phenoxy) is 1. The Balaban J connectivity index is 1.92. The van der Waals surface area contributed by atoms with Gasteiger partial charge in [0.2, 0.25) is 5.01 Å². The van der Waals surface area contributed by atoms with Crippen LogP contribution in [-0.2, 0) is 0 Å². The molecule has 0 aliphatic heterocycles. The van der Waals surface area contributed by atoms with Crippen molar-refractivity contribution in [3.05, 3.63) is 59.1 Å². The number of carbonyl (C=O) groups excluding carboxylic acids is 1. The second-order valence-electron chi connectivity index (χ2n) is 4.14. The molecular weight excluding hydrogens is 258 g/mol. The molecule has 0 spiro atoms. The highest BCUT2D eigenvalue weighted by Crippen LogP contribution is 2.25. The molecule has 0 fully saturated rings. The van der Waals surface area contributed by atoms with Gasteiger partial charge in [0.1, 0.15) is 5.75 Å². The van der Waals surface area contributed by atoms with Crippen molar-refractivity contribution >= 4 is 27.5 Å². The van der Waals surface area contributed by atoms with Gasteiger partial charge in [0, 0.05) is 0 Å². The molecule has 0 aliphatic rings. The van der Waals surface area contributed by atoms with Crippen molar-refractivity contribution in [1.29, 1.82) is 0 Å². The number of fused-ring (bicyclic) bond motifs is 1. The first-order valence-electron chi connectivity index (χ1n) is 5.87. The lowest BCUT2D eigenvalue weighted by Crippen LogP contribution is -2.07. The van der Waals surface area contributed by atoms with Crippen LogP contribution < -0.4 is 4.74 Å². The van der Waals surface area contributed by atoms with Crippen molar-refractivity contribution in [3.8, 4) is 5.75 Å². The van der Waals surface area contributed by atoms with E-state index in [1.54, 1.807) is 12.1 Å². The zero-order valence-electron chi connectivity index (χ0n) is 10.3. The van der Waals surface area contributed by atoms with Crippen LogP contribution in [0.4, 0.5) is 0 Å². The molecule has 0 saturated heterocycles. The Morgan fingerprint density at radius 2 is 1.89 bits per heavy atom. The van der Waals surface area contributed by atoms with Crippen LogP contribution in [0, 0.1) is 6.92 Å². The smallest absolute Gasteiger partial charge is 0.372 e. The Labute approximate surface area is 114 Å². The van der Waals surface area contributed by atoms with Crippen molar-refractivity contribution in [2.24, 2.45) is 0 Å². The molecule has 0 radical (unpaired) electrons. The van der Waals surface area contributed by atoms with Crippen molar-refractivity contribution in [2.45, 2.75) is 6.92 Å². The molecular formula is C15H11NO2S. The lowest BCUT2D eigenvalue weighted by Gasteiger charge is -2.00. The maximum Gasteiger partial charge on any atom is 0.372 e. The van der Waals surface area contributed by atoms with Gasteiger partial charge in [-0.1, -0.05) is 30.3 Å². The van der Waals surface area contributed by atoms with E-state index in [9.17, 15) is 4.79 Å². The van der Waals surface area contributed by atoms with Crippen LogP contribution in [-0.4, -0.2) is 11.0 Å². The minimum atomic E-state index is -0.410.